The highest BCUT2D eigenvalue weighted by molar-refractivity contribution is 7.15. The highest BCUT2D eigenvalue weighted by atomic mass is 32.1. The number of hydrogen-bond acceptors (Lipinski definition) is 6. The number of nitrogens with zero attached hydrogens (tertiary/aromatic N) is 4. The Balaban J connectivity index is 1.07. The van der Waals surface area contributed by atoms with Crippen molar-refractivity contribution in [3.05, 3.63) is 46.5 Å². The van der Waals surface area contributed by atoms with Crippen molar-refractivity contribution >= 4 is 40.4 Å². The highest BCUT2D eigenvalue weighted by Gasteiger charge is 2.26. The first kappa shape index (κ1) is 26.1. The Morgan fingerprint density at radius 2 is 2.00 bits per heavy atom. The quantitative estimate of drug-likeness (QED) is 0.420. The van der Waals surface area contributed by atoms with Crippen LogP contribution >= 0.6 is 11.3 Å². The molecule has 1 saturated heterocycles. The van der Waals surface area contributed by atoms with E-state index >= 15 is 0 Å². The fourth-order valence-corrected chi connectivity index (χ4v) is 7.20. The van der Waals surface area contributed by atoms with Crippen molar-refractivity contribution in [2.24, 2.45) is 10.9 Å². The van der Waals surface area contributed by atoms with Gasteiger partial charge in [0.05, 0.1) is 11.4 Å². The van der Waals surface area contributed by atoms with Gasteiger partial charge in [0.1, 0.15) is 0 Å². The molecule has 2 aliphatic heterocycles. The molecule has 198 valence electrons. The van der Waals surface area contributed by atoms with Crippen molar-refractivity contribution in [1.82, 2.24) is 15.2 Å². The van der Waals surface area contributed by atoms with Gasteiger partial charge in [-0.15, -0.1) is 11.3 Å². The lowest BCUT2D eigenvalue weighted by atomic mass is 9.84. The number of piperidine rings is 1. The number of carbonyl (C=O) groups is 1. The molecule has 1 aromatic heterocycles. The van der Waals surface area contributed by atoms with Gasteiger partial charge in [0.25, 0.3) is 5.91 Å². The predicted octanol–water partition coefficient (Wildman–Crippen LogP) is 6.24. The van der Waals surface area contributed by atoms with Gasteiger partial charge in [-0.2, -0.15) is 0 Å². The van der Waals surface area contributed by atoms with E-state index in [1.807, 2.05) is 36.5 Å². The third kappa shape index (κ3) is 6.32. The van der Waals surface area contributed by atoms with Crippen LogP contribution in [-0.2, 0) is 13.0 Å². The fourth-order valence-electron chi connectivity index (χ4n) is 6.09. The summed E-state index contributed by atoms with van der Waals surface area (Å²) in [5, 5.41) is 4.55. The molecule has 7 heteroatoms. The van der Waals surface area contributed by atoms with Crippen molar-refractivity contribution in [2.45, 2.75) is 77.3 Å². The maximum atomic E-state index is 13.0. The minimum absolute atomic E-state index is 0.0113. The molecule has 0 spiro atoms. The van der Waals surface area contributed by atoms with Gasteiger partial charge in [0, 0.05) is 54.4 Å². The molecule has 3 heterocycles. The predicted molar refractivity (Wildman–Crippen MR) is 155 cm³/mol. The van der Waals surface area contributed by atoms with Crippen LogP contribution in [0.1, 0.15) is 84.8 Å². The summed E-state index contributed by atoms with van der Waals surface area (Å²) >= 11 is 1.94. The maximum absolute atomic E-state index is 13.0. The van der Waals surface area contributed by atoms with Crippen LogP contribution in [0.3, 0.4) is 0 Å². The molecule has 0 unspecified atom stereocenters. The van der Waals surface area contributed by atoms with E-state index in [1.165, 1.54) is 67.3 Å². The number of carbonyl (C=O) groups excluding carboxylic acids is 1. The number of fused-ring (bicyclic) bond motifs is 1. The zero-order chi connectivity index (χ0) is 25.6. The van der Waals surface area contributed by atoms with E-state index in [-0.39, 0.29) is 11.9 Å². The van der Waals surface area contributed by atoms with Gasteiger partial charge in [-0.3, -0.25) is 14.7 Å². The third-order valence-electron chi connectivity index (χ3n) is 8.26. The summed E-state index contributed by atoms with van der Waals surface area (Å²) < 4.78 is 0. The Morgan fingerprint density at radius 3 is 2.76 bits per heavy atom. The van der Waals surface area contributed by atoms with Crippen LogP contribution in [0.5, 0.6) is 0 Å². The minimum Gasteiger partial charge on any atom is -0.349 e. The van der Waals surface area contributed by atoms with Crippen LogP contribution in [0, 0.1) is 5.92 Å². The SMILES string of the molecule is C=Cc1c(N=CC)cccc1C(=O)NC1CCC(CCN2CCc3sc(N4CCCCC4)nc3C2)CC1. The molecule has 0 radical (unpaired) electrons. The summed E-state index contributed by atoms with van der Waals surface area (Å²) in [6.45, 7) is 11.5. The van der Waals surface area contributed by atoms with Crippen molar-refractivity contribution in [3.8, 4) is 0 Å². The molecule has 37 heavy (non-hydrogen) atoms. The Morgan fingerprint density at radius 1 is 1.19 bits per heavy atom. The van der Waals surface area contributed by atoms with Crippen LogP contribution in [0.2, 0.25) is 0 Å². The van der Waals surface area contributed by atoms with E-state index in [9.17, 15) is 4.79 Å². The molecule has 2 aromatic rings. The van der Waals surface area contributed by atoms with Crippen molar-refractivity contribution in [3.63, 3.8) is 0 Å². The monoisotopic (exact) mass is 519 g/mol. The first-order chi connectivity index (χ1) is 18.1. The molecule has 1 amide bonds. The Hall–Kier alpha value is -2.51. The number of aliphatic imine (C=N–C) groups is 1. The lowest BCUT2D eigenvalue weighted by molar-refractivity contribution is 0.0919. The molecule has 0 bridgehead atoms. The second-order valence-electron chi connectivity index (χ2n) is 10.7. The largest absolute Gasteiger partial charge is 0.349 e. The highest BCUT2D eigenvalue weighted by Crippen LogP contribution is 2.33. The lowest BCUT2D eigenvalue weighted by Crippen LogP contribution is -2.38. The molecular formula is C30H41N5OS. The topological polar surface area (TPSA) is 60.8 Å². The summed E-state index contributed by atoms with van der Waals surface area (Å²) in [5.41, 5.74) is 3.59. The molecule has 1 aliphatic carbocycles. The number of rotatable bonds is 8. The number of nitrogens with one attached hydrogen (secondary N) is 1. The number of hydrogen-bond donors (Lipinski definition) is 1. The van der Waals surface area contributed by atoms with E-state index in [2.05, 4.69) is 26.7 Å². The smallest absolute Gasteiger partial charge is 0.252 e. The van der Waals surface area contributed by atoms with Crippen LogP contribution < -0.4 is 10.2 Å². The molecule has 3 aliphatic rings. The summed E-state index contributed by atoms with van der Waals surface area (Å²) in [5.74, 6) is 0.739. The van der Waals surface area contributed by atoms with Gasteiger partial charge < -0.3 is 10.2 Å². The standard InChI is InChI=1S/C30H41N5OS/c1-3-24-25(9-8-10-26(24)31-4-2)29(36)32-23-13-11-22(12-14-23)15-19-34-20-16-28-27(21-34)33-30(37-28)35-17-6-5-7-18-35/h3-4,8-10,22-23H,1,5-7,11-21H2,2H3,(H,32,36). The molecule has 5 rings (SSSR count). The van der Waals surface area contributed by atoms with Gasteiger partial charge in [0.2, 0.25) is 0 Å². The van der Waals surface area contributed by atoms with Crippen LogP contribution in [0.15, 0.2) is 29.8 Å². The van der Waals surface area contributed by atoms with Crippen molar-refractivity contribution < 1.29 is 4.79 Å². The molecule has 1 saturated carbocycles. The van der Waals surface area contributed by atoms with Gasteiger partial charge in [-0.25, -0.2) is 4.98 Å². The van der Waals surface area contributed by atoms with E-state index in [0.29, 0.717) is 5.56 Å². The van der Waals surface area contributed by atoms with E-state index < -0.39 is 0 Å². The summed E-state index contributed by atoms with van der Waals surface area (Å²) in [6.07, 6.45) is 14.3. The first-order valence-electron chi connectivity index (χ1n) is 14.2. The Bertz CT molecular complexity index is 1110. The number of anilines is 1. The number of benzene rings is 1. The third-order valence-corrected chi connectivity index (χ3v) is 9.48. The second kappa shape index (κ2) is 12.4. The van der Waals surface area contributed by atoms with Gasteiger partial charge in [-0.05, 0) is 89.3 Å². The molecule has 2 fully saturated rings. The Kier molecular flexibility index (Phi) is 8.72. The fraction of sp³-hybridized carbons (Fsp3) is 0.567. The Labute approximate surface area is 225 Å². The summed E-state index contributed by atoms with van der Waals surface area (Å²) in [7, 11) is 0. The zero-order valence-corrected chi connectivity index (χ0v) is 23.1. The average molecular weight is 520 g/mol. The zero-order valence-electron chi connectivity index (χ0n) is 22.3. The van der Waals surface area contributed by atoms with Gasteiger partial charge in [-0.1, -0.05) is 18.7 Å². The molecule has 1 N–H and O–H groups in total. The molecule has 1 aromatic carbocycles. The van der Waals surface area contributed by atoms with Crippen molar-refractivity contribution in [2.75, 3.05) is 31.1 Å². The van der Waals surface area contributed by atoms with Crippen LogP contribution in [-0.4, -0.2) is 54.2 Å². The van der Waals surface area contributed by atoms with Crippen LogP contribution in [0.4, 0.5) is 10.8 Å². The second-order valence-corrected chi connectivity index (χ2v) is 11.8. The minimum atomic E-state index is -0.0113. The first-order valence-corrected chi connectivity index (χ1v) is 15.0. The normalized spacial score (nSPS) is 22.7. The average Bonchev–Trinajstić information content (AvgIpc) is 3.37. The lowest BCUT2D eigenvalue weighted by Gasteiger charge is -2.32. The number of thiazole rings is 1. The van der Waals surface area contributed by atoms with Crippen molar-refractivity contribution in [1.29, 1.82) is 0 Å². The van der Waals surface area contributed by atoms with E-state index in [1.54, 1.807) is 12.3 Å². The summed E-state index contributed by atoms with van der Waals surface area (Å²) in [6, 6.07) is 5.93. The molecular weight excluding hydrogens is 478 g/mol. The van der Waals surface area contributed by atoms with Gasteiger partial charge in [0.15, 0.2) is 5.13 Å². The molecule has 0 atom stereocenters. The number of aromatic nitrogens is 1. The van der Waals surface area contributed by atoms with E-state index in [4.69, 9.17) is 4.98 Å². The molecule has 6 nitrogen and oxygen atoms in total. The van der Waals surface area contributed by atoms with Crippen LogP contribution in [0.25, 0.3) is 6.08 Å². The van der Waals surface area contributed by atoms with Gasteiger partial charge >= 0.3 is 0 Å². The number of amides is 1. The summed E-state index contributed by atoms with van der Waals surface area (Å²) in [4.78, 5) is 29.1. The van der Waals surface area contributed by atoms with E-state index in [0.717, 1.165) is 56.1 Å². The maximum Gasteiger partial charge on any atom is 0.252 e.